The Labute approximate surface area is 216 Å². The summed E-state index contributed by atoms with van der Waals surface area (Å²) in [6.07, 6.45) is 9.85. The van der Waals surface area contributed by atoms with Gasteiger partial charge in [0.15, 0.2) is 0 Å². The van der Waals surface area contributed by atoms with Gasteiger partial charge >= 0.3 is 0 Å². The van der Waals surface area contributed by atoms with E-state index in [4.69, 9.17) is 0 Å². The SMILES string of the molecule is O=C(Nc1cncc(-c2cc3c(-c4cc5c(-c6ccc(F)cc6)nccc5[nH]4)n[nH]c3cn2)c1)C1CCC1. The van der Waals surface area contributed by atoms with Crippen LogP contribution in [0.25, 0.3) is 55.7 Å². The van der Waals surface area contributed by atoms with Gasteiger partial charge in [0.25, 0.3) is 0 Å². The predicted octanol–water partition coefficient (Wildman–Crippen LogP) is 6.11. The summed E-state index contributed by atoms with van der Waals surface area (Å²) < 4.78 is 13.5. The molecule has 1 aliphatic rings. The van der Waals surface area contributed by atoms with Crippen molar-refractivity contribution in [2.45, 2.75) is 19.3 Å². The average molecular weight is 504 g/mol. The number of fused-ring (bicyclic) bond motifs is 2. The maximum absolute atomic E-state index is 13.5. The van der Waals surface area contributed by atoms with Gasteiger partial charge in [0, 0.05) is 45.7 Å². The molecular weight excluding hydrogens is 481 g/mol. The van der Waals surface area contributed by atoms with Gasteiger partial charge in [-0.2, -0.15) is 5.10 Å². The van der Waals surface area contributed by atoms with Gasteiger partial charge in [0.2, 0.25) is 5.91 Å². The zero-order valence-electron chi connectivity index (χ0n) is 20.2. The van der Waals surface area contributed by atoms with Crippen LogP contribution >= 0.6 is 0 Å². The third kappa shape index (κ3) is 3.88. The van der Waals surface area contributed by atoms with E-state index in [0.717, 1.165) is 75.0 Å². The van der Waals surface area contributed by atoms with Crippen molar-refractivity contribution in [1.29, 1.82) is 0 Å². The molecule has 1 aromatic carbocycles. The number of nitrogens with one attached hydrogen (secondary N) is 3. The van der Waals surface area contributed by atoms with E-state index in [0.29, 0.717) is 5.69 Å². The Hall–Kier alpha value is -4.92. The molecule has 8 nitrogen and oxygen atoms in total. The molecule has 0 bridgehead atoms. The van der Waals surface area contributed by atoms with Crippen molar-refractivity contribution in [3.8, 4) is 33.9 Å². The molecule has 6 aromatic rings. The average Bonchev–Trinajstić information content (AvgIpc) is 3.52. The molecule has 1 fully saturated rings. The van der Waals surface area contributed by atoms with E-state index in [-0.39, 0.29) is 17.6 Å². The summed E-state index contributed by atoms with van der Waals surface area (Å²) in [7, 11) is 0. The van der Waals surface area contributed by atoms with Crippen LogP contribution in [0.3, 0.4) is 0 Å². The second kappa shape index (κ2) is 8.88. The lowest BCUT2D eigenvalue weighted by atomic mass is 9.85. The van der Waals surface area contributed by atoms with Crippen molar-refractivity contribution >= 4 is 33.4 Å². The van der Waals surface area contributed by atoms with Crippen molar-refractivity contribution in [2.24, 2.45) is 5.92 Å². The minimum Gasteiger partial charge on any atom is -0.353 e. The zero-order chi connectivity index (χ0) is 25.6. The number of carbonyl (C=O) groups excluding carboxylic acids is 1. The molecular formula is C29H22FN7O. The van der Waals surface area contributed by atoms with Crippen LogP contribution in [0.15, 0.2) is 73.3 Å². The van der Waals surface area contributed by atoms with Crippen LogP contribution < -0.4 is 5.32 Å². The Morgan fingerprint density at radius 1 is 0.895 bits per heavy atom. The van der Waals surface area contributed by atoms with Crippen molar-refractivity contribution in [1.82, 2.24) is 30.1 Å². The monoisotopic (exact) mass is 503 g/mol. The first kappa shape index (κ1) is 22.3. The Balaban J connectivity index is 1.26. The van der Waals surface area contributed by atoms with Gasteiger partial charge < -0.3 is 10.3 Å². The van der Waals surface area contributed by atoms with Crippen LogP contribution in [0.2, 0.25) is 0 Å². The molecule has 3 N–H and O–H groups in total. The second-order valence-electron chi connectivity index (χ2n) is 9.58. The molecule has 1 amide bonds. The van der Waals surface area contributed by atoms with Gasteiger partial charge in [-0.25, -0.2) is 4.39 Å². The number of carbonyl (C=O) groups is 1. The first-order valence-electron chi connectivity index (χ1n) is 12.5. The van der Waals surface area contributed by atoms with E-state index < -0.39 is 0 Å². The van der Waals surface area contributed by atoms with Crippen molar-refractivity contribution < 1.29 is 9.18 Å². The lowest BCUT2D eigenvalue weighted by molar-refractivity contribution is -0.122. The Morgan fingerprint density at radius 3 is 2.55 bits per heavy atom. The largest absolute Gasteiger partial charge is 0.353 e. The molecule has 9 heteroatoms. The number of hydrogen-bond donors (Lipinski definition) is 3. The number of anilines is 1. The molecule has 7 rings (SSSR count). The number of H-pyrrole nitrogens is 2. The number of amides is 1. The summed E-state index contributed by atoms with van der Waals surface area (Å²) in [6.45, 7) is 0. The summed E-state index contributed by atoms with van der Waals surface area (Å²) in [6, 6.07) is 14.1. The normalized spacial score (nSPS) is 13.6. The Kier molecular flexibility index (Phi) is 5.21. The summed E-state index contributed by atoms with van der Waals surface area (Å²) in [5.74, 6) is -0.148. The molecule has 0 unspecified atom stereocenters. The number of pyridine rings is 3. The van der Waals surface area contributed by atoms with Gasteiger partial charge in [-0.1, -0.05) is 6.42 Å². The molecule has 0 saturated heterocycles. The Morgan fingerprint density at radius 2 is 1.74 bits per heavy atom. The maximum atomic E-state index is 13.5. The Bertz CT molecular complexity index is 1820. The summed E-state index contributed by atoms with van der Waals surface area (Å²) in [4.78, 5) is 29.3. The number of benzene rings is 1. The molecule has 186 valence electrons. The molecule has 5 heterocycles. The molecule has 0 atom stereocenters. The van der Waals surface area contributed by atoms with Crippen molar-refractivity contribution in [3.63, 3.8) is 0 Å². The summed E-state index contributed by atoms with van der Waals surface area (Å²) >= 11 is 0. The van der Waals surface area contributed by atoms with Crippen LogP contribution in [0.4, 0.5) is 10.1 Å². The fraction of sp³-hybridized carbons (Fsp3) is 0.138. The van der Waals surface area contributed by atoms with E-state index in [1.807, 2.05) is 24.3 Å². The lowest BCUT2D eigenvalue weighted by Gasteiger charge is -2.24. The van der Waals surface area contributed by atoms with E-state index in [1.165, 1.54) is 12.1 Å². The number of aromatic nitrogens is 6. The number of nitrogens with zero attached hydrogens (tertiary/aromatic N) is 4. The fourth-order valence-electron chi connectivity index (χ4n) is 4.86. The van der Waals surface area contributed by atoms with Gasteiger partial charge in [-0.3, -0.25) is 24.8 Å². The first-order chi connectivity index (χ1) is 18.6. The summed E-state index contributed by atoms with van der Waals surface area (Å²) in [5, 5.41) is 12.4. The van der Waals surface area contributed by atoms with Crippen LogP contribution in [-0.4, -0.2) is 36.0 Å². The third-order valence-electron chi connectivity index (χ3n) is 7.15. The highest BCUT2D eigenvalue weighted by molar-refractivity contribution is 6.00. The highest BCUT2D eigenvalue weighted by Gasteiger charge is 2.25. The molecule has 5 aromatic heterocycles. The van der Waals surface area contributed by atoms with Crippen LogP contribution in [-0.2, 0) is 4.79 Å². The minimum atomic E-state index is -0.287. The number of rotatable bonds is 5. The quantitative estimate of drug-likeness (QED) is 0.263. The molecule has 0 radical (unpaired) electrons. The van der Waals surface area contributed by atoms with Crippen LogP contribution in [0, 0.1) is 11.7 Å². The number of hydrogen-bond acceptors (Lipinski definition) is 5. The number of aromatic amines is 2. The molecule has 38 heavy (non-hydrogen) atoms. The molecule has 1 saturated carbocycles. The fourth-order valence-corrected chi connectivity index (χ4v) is 4.86. The van der Waals surface area contributed by atoms with E-state index in [1.54, 1.807) is 36.9 Å². The van der Waals surface area contributed by atoms with Gasteiger partial charge in [0.05, 0.1) is 40.7 Å². The van der Waals surface area contributed by atoms with Gasteiger partial charge in [0.1, 0.15) is 11.5 Å². The third-order valence-corrected chi connectivity index (χ3v) is 7.15. The van der Waals surface area contributed by atoms with Crippen LogP contribution in [0.5, 0.6) is 0 Å². The van der Waals surface area contributed by atoms with Crippen LogP contribution in [0.1, 0.15) is 19.3 Å². The minimum absolute atomic E-state index is 0.0454. The predicted molar refractivity (Wildman–Crippen MR) is 144 cm³/mol. The topological polar surface area (TPSA) is 112 Å². The van der Waals surface area contributed by atoms with E-state index >= 15 is 0 Å². The second-order valence-corrected chi connectivity index (χ2v) is 9.58. The maximum Gasteiger partial charge on any atom is 0.227 e. The highest BCUT2D eigenvalue weighted by atomic mass is 19.1. The van der Waals surface area contributed by atoms with E-state index in [2.05, 4.69) is 35.5 Å². The number of halogens is 1. The first-order valence-corrected chi connectivity index (χ1v) is 12.5. The smallest absolute Gasteiger partial charge is 0.227 e. The zero-order valence-corrected chi connectivity index (χ0v) is 20.2. The summed E-state index contributed by atoms with van der Waals surface area (Å²) in [5.41, 5.74) is 7.02. The lowest BCUT2D eigenvalue weighted by Crippen LogP contribution is -2.28. The molecule has 0 aliphatic heterocycles. The highest BCUT2D eigenvalue weighted by Crippen LogP contribution is 2.34. The van der Waals surface area contributed by atoms with Crippen molar-refractivity contribution in [2.75, 3.05) is 5.32 Å². The van der Waals surface area contributed by atoms with Gasteiger partial charge in [-0.05, 0) is 61.4 Å². The molecule has 1 aliphatic carbocycles. The molecule has 0 spiro atoms. The van der Waals surface area contributed by atoms with E-state index in [9.17, 15) is 9.18 Å². The van der Waals surface area contributed by atoms with Crippen molar-refractivity contribution in [3.05, 3.63) is 79.1 Å². The van der Waals surface area contributed by atoms with Gasteiger partial charge in [-0.15, -0.1) is 0 Å². The standard InChI is InChI=1S/C29H22FN7O/c30-19-6-4-16(5-7-19)27-21-12-25(35-23(21)8-9-32-27)28-22-11-24(33-15-26(22)36-37-28)18-10-20(14-31-13-18)34-29(38)17-2-1-3-17/h4-15,17,35H,1-3H2,(H,34,38)(H,36,37).